The molecule has 0 spiro atoms. The van der Waals surface area contributed by atoms with E-state index in [1.165, 1.54) is 56.4 Å². The Morgan fingerprint density at radius 3 is 2.18 bits per heavy atom. The molecule has 0 bridgehead atoms. The van der Waals surface area contributed by atoms with Crippen LogP contribution in [0.25, 0.3) is 0 Å². The Morgan fingerprint density at radius 2 is 1.61 bits per heavy atom. The molecule has 2 amide bonds. The van der Waals surface area contributed by atoms with Gasteiger partial charge in [-0.15, -0.1) is 0 Å². The maximum absolute atomic E-state index is 13.7. The Hall–Kier alpha value is -3.67. The van der Waals surface area contributed by atoms with E-state index in [2.05, 4.69) is 5.32 Å². The topological polar surface area (TPSA) is 130 Å². The van der Waals surface area contributed by atoms with Crippen molar-refractivity contribution < 1.29 is 22.9 Å². The lowest BCUT2D eigenvalue weighted by molar-refractivity contribution is -0.384. The minimum Gasteiger partial charge on any atom is -0.357 e. The molecule has 0 aromatic heterocycles. The number of hydrogen-bond acceptors (Lipinski definition) is 6. The molecule has 0 unspecified atom stereocenters. The minimum absolute atomic E-state index is 0.0975. The second-order valence-corrected chi connectivity index (χ2v) is 10.8. The molecular formula is C25H24Cl2N4O6S. The average Bonchev–Trinajstić information content (AvgIpc) is 2.91. The van der Waals surface area contributed by atoms with E-state index in [1.807, 2.05) is 0 Å². The summed E-state index contributed by atoms with van der Waals surface area (Å²) < 4.78 is 28.1. The summed E-state index contributed by atoms with van der Waals surface area (Å²) in [5.74, 6) is -1.27. The quantitative estimate of drug-likeness (QED) is 0.282. The molecule has 38 heavy (non-hydrogen) atoms. The van der Waals surface area contributed by atoms with Crippen molar-refractivity contribution in [2.24, 2.45) is 0 Å². The van der Waals surface area contributed by atoms with Crippen molar-refractivity contribution in [1.82, 2.24) is 10.2 Å². The largest absolute Gasteiger partial charge is 0.357 e. The highest BCUT2D eigenvalue weighted by molar-refractivity contribution is 7.92. The van der Waals surface area contributed by atoms with Crippen molar-refractivity contribution in [3.05, 3.63) is 98.5 Å². The SMILES string of the molecule is CNC(=O)[C@H](C)N(Cc1c(Cl)cccc1Cl)C(=O)CN(c1cccc([N+](=O)[O-])c1)S(=O)(=O)c1ccccc1. The lowest BCUT2D eigenvalue weighted by Crippen LogP contribution is -2.50. The van der Waals surface area contributed by atoms with Crippen LogP contribution in [0.5, 0.6) is 0 Å². The fourth-order valence-corrected chi connectivity index (χ4v) is 5.60. The molecule has 0 fully saturated rings. The molecule has 200 valence electrons. The number of halogens is 2. The second kappa shape index (κ2) is 12.2. The van der Waals surface area contributed by atoms with Crippen LogP contribution in [-0.2, 0) is 26.2 Å². The standard InChI is InChI=1S/C25H24Cl2N4O6S/c1-17(25(33)28-2)29(15-21-22(26)12-7-13-23(21)27)24(32)16-30(18-8-6-9-19(14-18)31(34)35)38(36,37)20-10-4-3-5-11-20/h3-14,17H,15-16H2,1-2H3,(H,28,33)/t17-/m0/s1. The summed E-state index contributed by atoms with van der Waals surface area (Å²) in [4.78, 5) is 38.0. The van der Waals surface area contributed by atoms with E-state index in [0.29, 0.717) is 5.56 Å². The number of hydrogen-bond donors (Lipinski definition) is 1. The fourth-order valence-electron chi connectivity index (χ4n) is 3.66. The summed E-state index contributed by atoms with van der Waals surface area (Å²) in [6.45, 7) is 0.521. The highest BCUT2D eigenvalue weighted by Gasteiger charge is 2.33. The van der Waals surface area contributed by atoms with Crippen LogP contribution >= 0.6 is 23.2 Å². The third-order valence-corrected chi connectivity index (χ3v) is 8.24. The van der Waals surface area contributed by atoms with Crippen LogP contribution in [0, 0.1) is 10.1 Å². The number of nitro groups is 1. The number of carbonyl (C=O) groups is 2. The van der Waals surface area contributed by atoms with Crippen molar-refractivity contribution in [3.8, 4) is 0 Å². The molecule has 3 rings (SSSR count). The summed E-state index contributed by atoms with van der Waals surface area (Å²) in [5.41, 5.74) is -0.0888. The van der Waals surface area contributed by atoms with Gasteiger partial charge in [0, 0.05) is 41.3 Å². The molecule has 1 N–H and O–H groups in total. The molecule has 0 aliphatic rings. The summed E-state index contributed by atoms with van der Waals surface area (Å²) >= 11 is 12.6. The van der Waals surface area contributed by atoms with Crippen LogP contribution in [0.3, 0.4) is 0 Å². The minimum atomic E-state index is -4.36. The van der Waals surface area contributed by atoms with E-state index < -0.39 is 39.3 Å². The maximum Gasteiger partial charge on any atom is 0.271 e. The second-order valence-electron chi connectivity index (χ2n) is 8.11. The van der Waals surface area contributed by atoms with Crippen molar-refractivity contribution >= 4 is 56.4 Å². The number of rotatable bonds is 10. The van der Waals surface area contributed by atoms with Gasteiger partial charge < -0.3 is 10.2 Å². The molecule has 1 atom stereocenters. The van der Waals surface area contributed by atoms with Crippen LogP contribution in [0.15, 0.2) is 77.7 Å². The Balaban J connectivity index is 2.10. The third kappa shape index (κ3) is 6.42. The Kier molecular flexibility index (Phi) is 9.31. The summed E-state index contributed by atoms with van der Waals surface area (Å²) in [6.07, 6.45) is 0. The van der Waals surface area contributed by atoms with E-state index in [1.54, 1.807) is 24.3 Å². The lowest BCUT2D eigenvalue weighted by atomic mass is 10.1. The number of nitro benzene ring substituents is 1. The van der Waals surface area contributed by atoms with Crippen molar-refractivity contribution in [1.29, 1.82) is 0 Å². The number of benzene rings is 3. The molecule has 0 saturated heterocycles. The number of amides is 2. The molecule has 0 heterocycles. The number of sulfonamides is 1. The zero-order valence-electron chi connectivity index (χ0n) is 20.4. The normalized spacial score (nSPS) is 11.9. The Bertz CT molecular complexity index is 1430. The van der Waals surface area contributed by atoms with Crippen LogP contribution in [0.4, 0.5) is 11.4 Å². The highest BCUT2D eigenvalue weighted by Crippen LogP contribution is 2.29. The molecule has 13 heteroatoms. The summed E-state index contributed by atoms with van der Waals surface area (Å²) in [5, 5.41) is 14.4. The Morgan fingerprint density at radius 1 is 1.00 bits per heavy atom. The molecule has 0 saturated carbocycles. The maximum atomic E-state index is 13.7. The first-order valence-electron chi connectivity index (χ1n) is 11.2. The van der Waals surface area contributed by atoms with Crippen LogP contribution in [-0.4, -0.2) is 49.7 Å². The number of carbonyl (C=O) groups excluding carboxylic acids is 2. The van der Waals surface area contributed by atoms with E-state index in [-0.39, 0.29) is 32.9 Å². The number of nitrogens with one attached hydrogen (secondary N) is 1. The van der Waals surface area contributed by atoms with Gasteiger partial charge in [0.05, 0.1) is 15.5 Å². The predicted octanol–water partition coefficient (Wildman–Crippen LogP) is 4.26. The first kappa shape index (κ1) is 28.9. The molecule has 0 aliphatic carbocycles. The summed E-state index contributed by atoms with van der Waals surface area (Å²) in [6, 6.07) is 16.0. The first-order valence-corrected chi connectivity index (χ1v) is 13.4. The van der Waals surface area contributed by atoms with E-state index in [9.17, 15) is 28.1 Å². The van der Waals surface area contributed by atoms with Gasteiger partial charge in [-0.1, -0.05) is 53.5 Å². The van der Waals surface area contributed by atoms with E-state index in [4.69, 9.17) is 23.2 Å². The van der Waals surface area contributed by atoms with Crippen molar-refractivity contribution in [2.45, 2.75) is 24.4 Å². The van der Waals surface area contributed by atoms with Crippen LogP contribution in [0.1, 0.15) is 12.5 Å². The number of anilines is 1. The van der Waals surface area contributed by atoms with Gasteiger partial charge in [0.15, 0.2) is 0 Å². The number of non-ortho nitro benzene ring substituents is 1. The van der Waals surface area contributed by atoms with Gasteiger partial charge in [0.25, 0.3) is 15.7 Å². The molecule has 10 nitrogen and oxygen atoms in total. The molecule has 3 aromatic carbocycles. The number of nitrogens with zero attached hydrogens (tertiary/aromatic N) is 3. The third-order valence-electron chi connectivity index (χ3n) is 5.74. The average molecular weight is 579 g/mol. The lowest BCUT2D eigenvalue weighted by Gasteiger charge is -2.32. The molecule has 0 radical (unpaired) electrons. The Labute approximate surface area is 230 Å². The molecular weight excluding hydrogens is 555 g/mol. The molecule has 0 aliphatic heterocycles. The van der Waals surface area contributed by atoms with Gasteiger partial charge in [-0.05, 0) is 37.3 Å². The van der Waals surface area contributed by atoms with Gasteiger partial charge in [0.2, 0.25) is 11.8 Å². The smallest absolute Gasteiger partial charge is 0.271 e. The van der Waals surface area contributed by atoms with Gasteiger partial charge in [-0.3, -0.25) is 24.0 Å². The van der Waals surface area contributed by atoms with Gasteiger partial charge in [0.1, 0.15) is 12.6 Å². The monoisotopic (exact) mass is 578 g/mol. The molecule has 3 aromatic rings. The van der Waals surface area contributed by atoms with Crippen LogP contribution < -0.4 is 9.62 Å². The van der Waals surface area contributed by atoms with Gasteiger partial charge in [-0.25, -0.2) is 8.42 Å². The zero-order valence-corrected chi connectivity index (χ0v) is 22.7. The van der Waals surface area contributed by atoms with Crippen molar-refractivity contribution in [3.63, 3.8) is 0 Å². The van der Waals surface area contributed by atoms with Gasteiger partial charge in [-0.2, -0.15) is 0 Å². The highest BCUT2D eigenvalue weighted by atomic mass is 35.5. The predicted molar refractivity (Wildman–Crippen MR) is 145 cm³/mol. The van der Waals surface area contributed by atoms with E-state index >= 15 is 0 Å². The van der Waals surface area contributed by atoms with Crippen molar-refractivity contribution in [2.75, 3.05) is 17.9 Å². The van der Waals surface area contributed by atoms with E-state index in [0.717, 1.165) is 15.3 Å². The van der Waals surface area contributed by atoms with Gasteiger partial charge >= 0.3 is 0 Å². The zero-order chi connectivity index (χ0) is 28.0. The first-order chi connectivity index (χ1) is 18.0. The fraction of sp³-hybridized carbons (Fsp3) is 0.200. The summed E-state index contributed by atoms with van der Waals surface area (Å²) in [7, 11) is -2.95. The number of likely N-dealkylation sites (N-methyl/N-ethyl adjacent to an activating group) is 1. The van der Waals surface area contributed by atoms with Crippen LogP contribution in [0.2, 0.25) is 10.0 Å².